The van der Waals surface area contributed by atoms with Crippen LogP contribution in [-0.2, 0) is 11.3 Å². The molecule has 4 heteroatoms. The third-order valence-electron chi connectivity index (χ3n) is 0.964. The highest BCUT2D eigenvalue weighted by Crippen LogP contribution is 2.07. The van der Waals surface area contributed by atoms with Crippen LogP contribution in [0.3, 0.4) is 0 Å². The van der Waals surface area contributed by atoms with Crippen molar-refractivity contribution >= 4 is 15.9 Å². The van der Waals surface area contributed by atoms with Crippen LogP contribution in [0.4, 0.5) is 0 Å². The maximum atomic E-state index is 4.86. The lowest BCUT2D eigenvalue weighted by Gasteiger charge is -1.95. The summed E-state index contributed by atoms with van der Waals surface area (Å²) in [5, 5.41) is 7.55. The van der Waals surface area contributed by atoms with Crippen molar-refractivity contribution in [3.63, 3.8) is 0 Å². The number of rotatable bonds is 2. The SMILES string of the molecule is COCc1cc(Br)cnn1. The highest BCUT2D eigenvalue weighted by molar-refractivity contribution is 9.10. The van der Waals surface area contributed by atoms with E-state index in [9.17, 15) is 0 Å². The second-order valence-electron chi connectivity index (χ2n) is 1.80. The second-order valence-corrected chi connectivity index (χ2v) is 2.71. The van der Waals surface area contributed by atoms with Gasteiger partial charge in [-0.3, -0.25) is 0 Å². The van der Waals surface area contributed by atoms with Gasteiger partial charge in [-0.25, -0.2) is 0 Å². The van der Waals surface area contributed by atoms with E-state index in [1.54, 1.807) is 13.3 Å². The van der Waals surface area contributed by atoms with Crippen molar-refractivity contribution in [2.75, 3.05) is 7.11 Å². The smallest absolute Gasteiger partial charge is 0.0903 e. The maximum Gasteiger partial charge on any atom is 0.0903 e. The van der Waals surface area contributed by atoms with Crippen LogP contribution in [-0.4, -0.2) is 17.3 Å². The summed E-state index contributed by atoms with van der Waals surface area (Å²) in [6.07, 6.45) is 1.64. The number of nitrogens with zero attached hydrogens (tertiary/aromatic N) is 2. The Balaban J connectivity index is 2.75. The summed E-state index contributed by atoms with van der Waals surface area (Å²) < 4.78 is 5.79. The van der Waals surface area contributed by atoms with Crippen molar-refractivity contribution < 1.29 is 4.74 Å². The number of halogens is 1. The molecule has 0 N–H and O–H groups in total. The Morgan fingerprint density at radius 2 is 2.50 bits per heavy atom. The molecule has 0 saturated carbocycles. The van der Waals surface area contributed by atoms with E-state index in [1.807, 2.05) is 6.07 Å². The van der Waals surface area contributed by atoms with Crippen molar-refractivity contribution in [2.45, 2.75) is 6.61 Å². The van der Waals surface area contributed by atoms with Gasteiger partial charge < -0.3 is 4.74 Å². The second kappa shape index (κ2) is 3.63. The summed E-state index contributed by atoms with van der Waals surface area (Å²) in [6.45, 7) is 0.506. The summed E-state index contributed by atoms with van der Waals surface area (Å²) in [4.78, 5) is 0. The number of aromatic nitrogens is 2. The van der Waals surface area contributed by atoms with E-state index in [1.165, 1.54) is 0 Å². The molecule has 0 aliphatic carbocycles. The van der Waals surface area contributed by atoms with E-state index in [0.717, 1.165) is 10.2 Å². The number of ether oxygens (including phenoxy) is 1. The molecule has 0 fully saturated rings. The lowest BCUT2D eigenvalue weighted by atomic mass is 10.4. The predicted molar refractivity (Wildman–Crippen MR) is 40.4 cm³/mol. The standard InChI is InChI=1S/C6H7BrN2O/c1-10-4-6-2-5(7)3-8-9-6/h2-3H,4H2,1H3. The maximum absolute atomic E-state index is 4.86. The van der Waals surface area contributed by atoms with Crippen molar-refractivity contribution in [3.05, 3.63) is 22.4 Å². The van der Waals surface area contributed by atoms with Gasteiger partial charge in [0.15, 0.2) is 0 Å². The monoisotopic (exact) mass is 202 g/mol. The summed E-state index contributed by atoms with van der Waals surface area (Å²) in [5.74, 6) is 0. The Hall–Kier alpha value is -0.480. The van der Waals surface area contributed by atoms with E-state index in [-0.39, 0.29) is 0 Å². The molecule has 3 nitrogen and oxygen atoms in total. The van der Waals surface area contributed by atoms with Gasteiger partial charge in [0.2, 0.25) is 0 Å². The first-order valence-corrected chi connectivity index (χ1v) is 3.58. The van der Waals surface area contributed by atoms with Crippen molar-refractivity contribution in [2.24, 2.45) is 0 Å². The number of hydrogen-bond donors (Lipinski definition) is 0. The topological polar surface area (TPSA) is 35.0 Å². The van der Waals surface area contributed by atoms with E-state index in [0.29, 0.717) is 6.61 Å². The fourth-order valence-electron chi connectivity index (χ4n) is 0.602. The fraction of sp³-hybridized carbons (Fsp3) is 0.333. The lowest BCUT2D eigenvalue weighted by Crippen LogP contribution is -1.93. The van der Waals surface area contributed by atoms with Crippen LogP contribution in [0.15, 0.2) is 16.7 Å². The number of methoxy groups -OCH3 is 1. The first-order chi connectivity index (χ1) is 4.83. The molecule has 0 bridgehead atoms. The van der Waals surface area contributed by atoms with Gasteiger partial charge in [-0.05, 0) is 22.0 Å². The van der Waals surface area contributed by atoms with Crippen LogP contribution in [0.5, 0.6) is 0 Å². The summed E-state index contributed by atoms with van der Waals surface area (Å²) in [7, 11) is 1.63. The van der Waals surface area contributed by atoms with Crippen LogP contribution >= 0.6 is 15.9 Å². The quantitative estimate of drug-likeness (QED) is 0.728. The first-order valence-electron chi connectivity index (χ1n) is 2.79. The van der Waals surface area contributed by atoms with Crippen LogP contribution in [0.2, 0.25) is 0 Å². The van der Waals surface area contributed by atoms with Crippen molar-refractivity contribution in [1.29, 1.82) is 0 Å². The highest BCUT2D eigenvalue weighted by Gasteiger charge is 1.93. The van der Waals surface area contributed by atoms with Crippen LogP contribution in [0, 0.1) is 0 Å². The zero-order valence-electron chi connectivity index (χ0n) is 5.54. The number of hydrogen-bond acceptors (Lipinski definition) is 3. The Labute approximate surface area is 67.6 Å². The van der Waals surface area contributed by atoms with Gasteiger partial charge >= 0.3 is 0 Å². The lowest BCUT2D eigenvalue weighted by molar-refractivity contribution is 0.180. The van der Waals surface area contributed by atoms with Gasteiger partial charge in [-0.15, -0.1) is 0 Å². The van der Waals surface area contributed by atoms with E-state index in [2.05, 4.69) is 26.1 Å². The van der Waals surface area contributed by atoms with Gasteiger partial charge in [-0.2, -0.15) is 10.2 Å². The molecule has 54 valence electrons. The molecule has 0 unspecified atom stereocenters. The van der Waals surface area contributed by atoms with E-state index in [4.69, 9.17) is 4.74 Å². The van der Waals surface area contributed by atoms with Crippen molar-refractivity contribution in [1.82, 2.24) is 10.2 Å². The van der Waals surface area contributed by atoms with Gasteiger partial charge in [0, 0.05) is 11.6 Å². The molecule has 10 heavy (non-hydrogen) atoms. The molecular formula is C6H7BrN2O. The molecule has 0 radical (unpaired) electrons. The molecule has 0 aliphatic rings. The van der Waals surface area contributed by atoms with Crippen LogP contribution in [0.1, 0.15) is 5.69 Å². The van der Waals surface area contributed by atoms with E-state index < -0.39 is 0 Å². The normalized spacial score (nSPS) is 9.80. The molecule has 0 aliphatic heterocycles. The third kappa shape index (κ3) is 2.04. The average molecular weight is 203 g/mol. The van der Waals surface area contributed by atoms with Gasteiger partial charge in [0.05, 0.1) is 18.5 Å². The highest BCUT2D eigenvalue weighted by atomic mass is 79.9. The van der Waals surface area contributed by atoms with Gasteiger partial charge in [-0.1, -0.05) is 0 Å². The third-order valence-corrected chi connectivity index (χ3v) is 1.40. The minimum absolute atomic E-state index is 0.506. The molecule has 1 aromatic heterocycles. The molecule has 1 aromatic rings. The summed E-state index contributed by atoms with van der Waals surface area (Å²) in [5.41, 5.74) is 0.830. The minimum Gasteiger partial charge on any atom is -0.378 e. The van der Waals surface area contributed by atoms with Crippen LogP contribution < -0.4 is 0 Å². The molecule has 0 spiro atoms. The molecule has 0 aromatic carbocycles. The molecule has 0 amide bonds. The average Bonchev–Trinajstić information content (AvgIpc) is 1.88. The van der Waals surface area contributed by atoms with Gasteiger partial charge in [0.1, 0.15) is 0 Å². The predicted octanol–water partition coefficient (Wildman–Crippen LogP) is 1.39. The Morgan fingerprint density at radius 1 is 1.70 bits per heavy atom. The molecule has 0 saturated heterocycles. The van der Waals surface area contributed by atoms with E-state index >= 15 is 0 Å². The van der Waals surface area contributed by atoms with Gasteiger partial charge in [0.25, 0.3) is 0 Å². The Morgan fingerprint density at radius 3 is 3.10 bits per heavy atom. The Kier molecular flexibility index (Phi) is 2.77. The Bertz CT molecular complexity index is 217. The fourth-order valence-corrected chi connectivity index (χ4v) is 0.958. The molecule has 0 atom stereocenters. The zero-order chi connectivity index (χ0) is 7.40. The zero-order valence-corrected chi connectivity index (χ0v) is 7.13. The summed E-state index contributed by atoms with van der Waals surface area (Å²) in [6, 6.07) is 1.87. The summed E-state index contributed by atoms with van der Waals surface area (Å²) >= 11 is 3.27. The molecular weight excluding hydrogens is 196 g/mol. The first kappa shape index (κ1) is 7.63. The molecule has 1 heterocycles. The largest absolute Gasteiger partial charge is 0.378 e. The minimum atomic E-state index is 0.506. The molecule has 1 rings (SSSR count). The van der Waals surface area contributed by atoms with Crippen molar-refractivity contribution in [3.8, 4) is 0 Å². The van der Waals surface area contributed by atoms with Crippen LogP contribution in [0.25, 0.3) is 0 Å².